The topological polar surface area (TPSA) is 244 Å². The predicted octanol–water partition coefficient (Wildman–Crippen LogP) is 4.71. The van der Waals surface area contributed by atoms with Gasteiger partial charge in [-0.1, -0.05) is 23.3 Å². The number of H-pyrrole nitrogens is 1. The van der Waals surface area contributed by atoms with Gasteiger partial charge in [-0.2, -0.15) is 15.0 Å². The maximum atomic E-state index is 12.7. The number of aromatic nitrogens is 4. The summed E-state index contributed by atoms with van der Waals surface area (Å²) < 4.78 is 27.5. The lowest BCUT2D eigenvalue weighted by Gasteiger charge is -2.12. The van der Waals surface area contributed by atoms with Crippen molar-refractivity contribution in [2.24, 2.45) is 5.11 Å². The SMILES string of the molecule is COc1ccc2[nH]cc(CCNc3nc(NCCOCCOCCNC(=O)c4ccccc4)nc(Nc4ccc(C(=O)NCCOCCOCCN=[N+]=[N-])cc4)n3)c2c1. The Morgan fingerprint density at radius 1 is 0.695 bits per heavy atom. The van der Waals surface area contributed by atoms with Crippen molar-refractivity contribution >= 4 is 46.2 Å². The molecule has 19 heteroatoms. The molecule has 0 saturated heterocycles. The summed E-state index contributed by atoms with van der Waals surface area (Å²) in [4.78, 5) is 44.5. The van der Waals surface area contributed by atoms with Crippen molar-refractivity contribution in [3.63, 3.8) is 0 Å². The van der Waals surface area contributed by atoms with Gasteiger partial charge in [-0.05, 0) is 72.1 Å². The molecule has 2 amide bonds. The van der Waals surface area contributed by atoms with Gasteiger partial charge in [0, 0.05) is 71.5 Å². The number of amides is 2. The van der Waals surface area contributed by atoms with Gasteiger partial charge in [0.2, 0.25) is 17.8 Å². The predicted molar refractivity (Wildman–Crippen MR) is 223 cm³/mol. The second-order valence-corrected chi connectivity index (χ2v) is 12.6. The maximum Gasteiger partial charge on any atom is 0.251 e. The van der Waals surface area contributed by atoms with Gasteiger partial charge >= 0.3 is 0 Å². The molecule has 0 aliphatic heterocycles. The second kappa shape index (κ2) is 25.0. The first-order chi connectivity index (χ1) is 29.0. The van der Waals surface area contributed by atoms with Crippen LogP contribution in [-0.2, 0) is 25.4 Å². The number of hydrogen-bond donors (Lipinski definition) is 6. The summed E-state index contributed by atoms with van der Waals surface area (Å²) in [5.74, 6) is 1.42. The number of nitrogens with zero attached hydrogens (tertiary/aromatic N) is 6. The van der Waals surface area contributed by atoms with Crippen LogP contribution in [0.2, 0.25) is 0 Å². The van der Waals surface area contributed by atoms with Gasteiger partial charge in [0.15, 0.2) is 0 Å². The van der Waals surface area contributed by atoms with Gasteiger partial charge in [0.25, 0.3) is 11.8 Å². The summed E-state index contributed by atoms with van der Waals surface area (Å²) in [6, 6.07) is 21.9. The summed E-state index contributed by atoms with van der Waals surface area (Å²) >= 11 is 0. The third-order valence-corrected chi connectivity index (χ3v) is 8.46. The van der Waals surface area contributed by atoms with E-state index in [1.165, 1.54) is 0 Å². The second-order valence-electron chi connectivity index (χ2n) is 12.6. The van der Waals surface area contributed by atoms with Crippen LogP contribution in [-0.4, -0.2) is 124 Å². The summed E-state index contributed by atoms with van der Waals surface area (Å²) in [6.07, 6.45) is 2.69. The zero-order valence-electron chi connectivity index (χ0n) is 32.9. The first kappa shape index (κ1) is 43.6. The van der Waals surface area contributed by atoms with Crippen LogP contribution in [0.25, 0.3) is 21.3 Å². The van der Waals surface area contributed by atoms with Crippen LogP contribution in [0.1, 0.15) is 26.3 Å². The number of anilines is 4. The number of carbonyl (C=O) groups excluding carboxylic acids is 2. The van der Waals surface area contributed by atoms with Crippen LogP contribution >= 0.6 is 0 Å². The minimum absolute atomic E-state index is 0.139. The van der Waals surface area contributed by atoms with Gasteiger partial charge in [-0.25, -0.2) is 0 Å². The highest BCUT2D eigenvalue weighted by molar-refractivity contribution is 5.95. The Balaban J connectivity index is 1.08. The molecule has 6 N–H and O–H groups in total. The number of nitrogens with one attached hydrogen (secondary N) is 6. The van der Waals surface area contributed by atoms with Crippen LogP contribution < -0.4 is 31.3 Å². The molecule has 0 aliphatic carbocycles. The van der Waals surface area contributed by atoms with Crippen LogP contribution in [0.3, 0.4) is 0 Å². The molecule has 3 aromatic carbocycles. The molecule has 0 bridgehead atoms. The molecule has 2 heterocycles. The number of carbonyl (C=O) groups is 2. The molecule has 312 valence electrons. The number of methoxy groups -OCH3 is 1. The minimum Gasteiger partial charge on any atom is -0.497 e. The molecule has 0 atom stereocenters. The van der Waals surface area contributed by atoms with E-state index in [4.69, 9.17) is 29.2 Å². The highest BCUT2D eigenvalue weighted by Gasteiger charge is 2.11. The maximum absolute atomic E-state index is 12.7. The fraction of sp³-hybridized carbons (Fsp3) is 0.375. The quantitative estimate of drug-likeness (QED) is 0.0174. The Hall–Kier alpha value is -6.50. The lowest BCUT2D eigenvalue weighted by atomic mass is 10.1. The monoisotopic (exact) mass is 810 g/mol. The van der Waals surface area contributed by atoms with Gasteiger partial charge in [-0.3, -0.25) is 9.59 Å². The van der Waals surface area contributed by atoms with Gasteiger partial charge in [0.1, 0.15) is 5.75 Å². The van der Waals surface area contributed by atoms with E-state index in [1.54, 1.807) is 43.5 Å². The summed E-state index contributed by atoms with van der Waals surface area (Å²) in [6.45, 7) is 4.87. The molecule has 0 spiro atoms. The van der Waals surface area contributed by atoms with Crippen molar-refractivity contribution in [1.82, 2.24) is 30.6 Å². The number of aromatic amines is 1. The number of ether oxygens (including phenoxy) is 5. The lowest BCUT2D eigenvalue weighted by molar-refractivity contribution is 0.0511. The molecule has 0 radical (unpaired) electrons. The third kappa shape index (κ3) is 15.4. The molecule has 5 aromatic rings. The zero-order valence-corrected chi connectivity index (χ0v) is 32.9. The molecule has 2 aromatic heterocycles. The molecule has 0 saturated carbocycles. The Kier molecular flexibility index (Phi) is 18.5. The van der Waals surface area contributed by atoms with Crippen molar-refractivity contribution in [3.05, 3.63) is 106 Å². The van der Waals surface area contributed by atoms with Crippen molar-refractivity contribution in [1.29, 1.82) is 0 Å². The summed E-state index contributed by atoms with van der Waals surface area (Å²) in [7, 11) is 1.65. The molecule has 0 aliphatic rings. The molecule has 59 heavy (non-hydrogen) atoms. The molecule has 5 rings (SSSR count). The van der Waals surface area contributed by atoms with Crippen LogP contribution in [0.15, 0.2) is 84.1 Å². The van der Waals surface area contributed by atoms with E-state index in [-0.39, 0.29) is 18.4 Å². The van der Waals surface area contributed by atoms with Gasteiger partial charge in [0.05, 0.1) is 60.0 Å². The number of fused-ring (bicyclic) bond motifs is 1. The number of rotatable bonds is 28. The van der Waals surface area contributed by atoms with Crippen molar-refractivity contribution in [3.8, 4) is 5.75 Å². The lowest BCUT2D eigenvalue weighted by Crippen LogP contribution is -2.27. The van der Waals surface area contributed by atoms with E-state index < -0.39 is 0 Å². The summed E-state index contributed by atoms with van der Waals surface area (Å²) in [5, 5.41) is 19.9. The fourth-order valence-corrected chi connectivity index (χ4v) is 5.52. The molecular formula is C40H50N12O7. The number of azide groups is 1. The van der Waals surface area contributed by atoms with Crippen molar-refractivity contribution in [2.75, 3.05) is 109 Å². The van der Waals surface area contributed by atoms with Crippen molar-refractivity contribution < 1.29 is 33.3 Å². The molecule has 19 nitrogen and oxygen atoms in total. The Morgan fingerprint density at radius 3 is 1.93 bits per heavy atom. The fourth-order valence-electron chi connectivity index (χ4n) is 5.52. The molecule has 0 unspecified atom stereocenters. The smallest absolute Gasteiger partial charge is 0.251 e. The average Bonchev–Trinajstić information content (AvgIpc) is 3.67. The van der Waals surface area contributed by atoms with Crippen LogP contribution in [0, 0.1) is 0 Å². The van der Waals surface area contributed by atoms with E-state index in [9.17, 15) is 9.59 Å². The highest BCUT2D eigenvalue weighted by Crippen LogP contribution is 2.24. The highest BCUT2D eigenvalue weighted by atomic mass is 16.5. The largest absolute Gasteiger partial charge is 0.497 e. The minimum atomic E-state index is -0.237. The average molecular weight is 811 g/mol. The molecular weight excluding hydrogens is 761 g/mol. The van der Waals surface area contributed by atoms with Crippen LogP contribution in [0.5, 0.6) is 5.75 Å². The zero-order chi connectivity index (χ0) is 41.3. The Bertz CT molecular complexity index is 2080. The van der Waals surface area contributed by atoms with Crippen LogP contribution in [0.4, 0.5) is 23.5 Å². The van der Waals surface area contributed by atoms with E-state index >= 15 is 0 Å². The first-order valence-corrected chi connectivity index (χ1v) is 19.2. The first-order valence-electron chi connectivity index (χ1n) is 19.2. The van der Waals surface area contributed by atoms with Crippen molar-refractivity contribution in [2.45, 2.75) is 6.42 Å². The Labute approximate surface area is 341 Å². The normalized spacial score (nSPS) is 10.8. The van der Waals surface area contributed by atoms with E-state index in [0.29, 0.717) is 120 Å². The standard InChI is InChI=1S/C40H50N12O7/c1-55-33-11-12-35-34(27-33)31(28-46-35)13-14-44-38-49-39(45-17-21-58-24-23-56-19-15-42-36(53)29-5-3-2-4-6-29)51-40(50-38)48-32-9-7-30(8-10-32)37(54)43-16-20-57-25-26-59-22-18-47-52-41/h2-12,27-28,46H,13-26H2,1H3,(H,42,53)(H,43,54)(H3,44,45,48,49,50,51). The number of hydrogen-bond acceptors (Lipinski definition) is 14. The number of benzene rings is 3. The summed E-state index contributed by atoms with van der Waals surface area (Å²) in [5.41, 5.74) is 12.2. The Morgan fingerprint density at radius 2 is 1.29 bits per heavy atom. The van der Waals surface area contributed by atoms with E-state index in [1.807, 2.05) is 42.6 Å². The molecule has 0 fully saturated rings. The van der Waals surface area contributed by atoms with E-state index in [2.05, 4.69) is 56.5 Å². The van der Waals surface area contributed by atoms with Gasteiger partial charge in [-0.15, -0.1) is 0 Å². The third-order valence-electron chi connectivity index (χ3n) is 8.46. The van der Waals surface area contributed by atoms with Gasteiger partial charge < -0.3 is 55.3 Å². The van der Waals surface area contributed by atoms with E-state index in [0.717, 1.165) is 22.2 Å².